The van der Waals surface area contributed by atoms with Crippen molar-refractivity contribution in [3.63, 3.8) is 0 Å². The van der Waals surface area contributed by atoms with Gasteiger partial charge in [-0.25, -0.2) is 27.0 Å². The van der Waals surface area contributed by atoms with E-state index in [1.165, 1.54) is 30.7 Å². The molecule has 3 N–H and O–H groups in total. The lowest BCUT2D eigenvalue weighted by molar-refractivity contribution is -0.134. The molecule has 3 heterocycles. The molecule has 33 heavy (non-hydrogen) atoms. The Kier molecular flexibility index (Phi) is 8.54. The molecule has 0 amide bonds. The van der Waals surface area contributed by atoms with Crippen LogP contribution in [0.3, 0.4) is 0 Å². The zero-order valence-corrected chi connectivity index (χ0v) is 18.5. The SMILES string of the molecule is CNCc1cc(-c2ccc(C)nc2F)n(S(=O)(=O)c2cccnc2)c1.O=C(O)/C=C/C(=O)O. The van der Waals surface area contributed by atoms with Crippen LogP contribution in [0.5, 0.6) is 0 Å². The Bertz CT molecular complexity index is 1260. The monoisotopic (exact) mass is 476 g/mol. The summed E-state index contributed by atoms with van der Waals surface area (Å²) in [6.07, 6.45) is 5.35. The van der Waals surface area contributed by atoms with E-state index in [0.29, 0.717) is 30.0 Å². The van der Waals surface area contributed by atoms with Crippen molar-refractivity contribution in [1.29, 1.82) is 0 Å². The van der Waals surface area contributed by atoms with Crippen molar-refractivity contribution in [3.05, 3.63) is 78.3 Å². The van der Waals surface area contributed by atoms with Crippen LogP contribution in [0.2, 0.25) is 0 Å². The highest BCUT2D eigenvalue weighted by atomic mass is 32.2. The molecule has 0 saturated heterocycles. The number of aromatic nitrogens is 3. The van der Waals surface area contributed by atoms with Gasteiger partial charge < -0.3 is 15.5 Å². The molecule has 0 aromatic carbocycles. The van der Waals surface area contributed by atoms with Crippen LogP contribution in [-0.2, 0) is 26.2 Å². The van der Waals surface area contributed by atoms with Gasteiger partial charge in [-0.2, -0.15) is 4.39 Å². The van der Waals surface area contributed by atoms with Crippen LogP contribution >= 0.6 is 0 Å². The second kappa shape index (κ2) is 11.1. The average Bonchev–Trinajstić information content (AvgIpc) is 3.18. The summed E-state index contributed by atoms with van der Waals surface area (Å²) in [5.41, 5.74) is 1.58. The van der Waals surface area contributed by atoms with Gasteiger partial charge in [0.05, 0.1) is 11.3 Å². The quantitative estimate of drug-likeness (QED) is 0.344. The maximum Gasteiger partial charge on any atom is 0.328 e. The highest BCUT2D eigenvalue weighted by molar-refractivity contribution is 7.90. The molecule has 174 valence electrons. The molecule has 0 fully saturated rings. The first-order valence-corrected chi connectivity index (χ1v) is 10.8. The number of rotatable bonds is 7. The van der Waals surface area contributed by atoms with Gasteiger partial charge in [0, 0.05) is 43.0 Å². The van der Waals surface area contributed by atoms with Crippen molar-refractivity contribution in [1.82, 2.24) is 19.3 Å². The first kappa shape index (κ1) is 25.4. The summed E-state index contributed by atoms with van der Waals surface area (Å²) >= 11 is 0. The predicted molar refractivity (Wildman–Crippen MR) is 116 cm³/mol. The third-order valence-electron chi connectivity index (χ3n) is 4.05. The fourth-order valence-corrected chi connectivity index (χ4v) is 4.02. The van der Waals surface area contributed by atoms with Gasteiger partial charge in [-0.05, 0) is 49.9 Å². The number of hydrogen-bond donors (Lipinski definition) is 3. The highest BCUT2D eigenvalue weighted by Crippen LogP contribution is 2.28. The lowest BCUT2D eigenvalue weighted by Gasteiger charge is -2.11. The Morgan fingerprint density at radius 3 is 2.36 bits per heavy atom. The second-order valence-corrected chi connectivity index (χ2v) is 8.37. The van der Waals surface area contributed by atoms with E-state index in [9.17, 15) is 22.4 Å². The number of nitrogens with zero attached hydrogens (tertiary/aromatic N) is 3. The molecule has 3 aromatic rings. The molecule has 0 saturated carbocycles. The number of nitrogens with one attached hydrogen (secondary N) is 1. The maximum atomic E-state index is 14.4. The molecule has 0 atom stereocenters. The van der Waals surface area contributed by atoms with Gasteiger partial charge >= 0.3 is 11.9 Å². The molecule has 12 heteroatoms. The molecule has 3 aromatic heterocycles. The maximum absolute atomic E-state index is 14.4. The highest BCUT2D eigenvalue weighted by Gasteiger charge is 2.23. The van der Waals surface area contributed by atoms with Gasteiger partial charge in [0.25, 0.3) is 10.0 Å². The Hall–Kier alpha value is -3.90. The Morgan fingerprint density at radius 1 is 1.18 bits per heavy atom. The molecule has 0 aliphatic rings. The van der Waals surface area contributed by atoms with E-state index in [1.54, 1.807) is 32.2 Å². The number of hydrogen-bond acceptors (Lipinski definition) is 7. The summed E-state index contributed by atoms with van der Waals surface area (Å²) < 4.78 is 41.4. The summed E-state index contributed by atoms with van der Waals surface area (Å²) in [5, 5.41) is 18.6. The predicted octanol–water partition coefficient (Wildman–Crippen LogP) is 2.06. The standard InChI is InChI=1S/C17H17FN4O2S.C4H4O4/c1-12-5-6-15(17(18)21-12)16-8-13(9-19-2)11-22(16)25(23,24)14-4-3-7-20-10-14;5-3(6)1-2-4(7)8/h3-8,10-11,19H,9H2,1-2H3;1-2H,(H,5,6)(H,7,8)/b;2-1+. The van der Waals surface area contributed by atoms with Gasteiger partial charge in [0.2, 0.25) is 5.95 Å². The minimum Gasteiger partial charge on any atom is -0.478 e. The summed E-state index contributed by atoms with van der Waals surface area (Å²) in [4.78, 5) is 26.8. The molecular formula is C21H21FN4O6S. The molecule has 3 rings (SSSR count). The number of pyridine rings is 2. The smallest absolute Gasteiger partial charge is 0.328 e. The van der Waals surface area contributed by atoms with Gasteiger partial charge in [0.15, 0.2) is 0 Å². The van der Waals surface area contributed by atoms with E-state index in [0.717, 1.165) is 3.97 Å². The minimum absolute atomic E-state index is 0.0309. The van der Waals surface area contributed by atoms with E-state index >= 15 is 0 Å². The fraction of sp³-hybridized carbons (Fsp3) is 0.143. The molecule has 0 aliphatic carbocycles. The summed E-state index contributed by atoms with van der Waals surface area (Å²) in [6.45, 7) is 2.12. The van der Waals surface area contributed by atoms with E-state index in [4.69, 9.17) is 10.2 Å². The Balaban J connectivity index is 0.000000414. The minimum atomic E-state index is -3.91. The van der Waals surface area contributed by atoms with Crippen molar-refractivity contribution in [2.24, 2.45) is 0 Å². The summed E-state index contributed by atoms with van der Waals surface area (Å²) in [5.74, 6) is -3.23. The van der Waals surface area contributed by atoms with Crippen LogP contribution in [0.15, 0.2) is 66.0 Å². The van der Waals surface area contributed by atoms with Crippen molar-refractivity contribution >= 4 is 22.0 Å². The topological polar surface area (TPSA) is 151 Å². The molecule has 0 unspecified atom stereocenters. The molecule has 0 spiro atoms. The number of carboxylic acids is 2. The zero-order valence-electron chi connectivity index (χ0n) is 17.6. The first-order valence-electron chi connectivity index (χ1n) is 9.35. The number of aliphatic carboxylic acids is 2. The lowest BCUT2D eigenvalue weighted by atomic mass is 10.2. The number of carbonyl (C=O) groups is 2. The van der Waals surface area contributed by atoms with Crippen LogP contribution in [0.25, 0.3) is 11.3 Å². The Labute approximate surface area is 189 Å². The normalized spacial score (nSPS) is 11.1. The van der Waals surface area contributed by atoms with Crippen molar-refractivity contribution < 1.29 is 32.6 Å². The van der Waals surface area contributed by atoms with E-state index in [2.05, 4.69) is 15.3 Å². The number of carboxylic acid groups (broad SMARTS) is 2. The third-order valence-corrected chi connectivity index (χ3v) is 5.70. The van der Waals surface area contributed by atoms with Crippen molar-refractivity contribution in [3.8, 4) is 11.3 Å². The van der Waals surface area contributed by atoms with Crippen LogP contribution < -0.4 is 5.32 Å². The van der Waals surface area contributed by atoms with Crippen LogP contribution in [0, 0.1) is 12.9 Å². The largest absolute Gasteiger partial charge is 0.478 e. The van der Waals surface area contributed by atoms with Gasteiger partial charge in [-0.15, -0.1) is 0 Å². The second-order valence-electron chi connectivity index (χ2n) is 6.55. The zero-order chi connectivity index (χ0) is 24.6. The van der Waals surface area contributed by atoms with Crippen molar-refractivity contribution in [2.45, 2.75) is 18.4 Å². The molecule has 0 bridgehead atoms. The molecular weight excluding hydrogens is 455 g/mol. The summed E-state index contributed by atoms with van der Waals surface area (Å²) in [6, 6.07) is 7.81. The first-order chi connectivity index (χ1) is 15.6. The van der Waals surface area contributed by atoms with Gasteiger partial charge in [0.1, 0.15) is 4.90 Å². The van der Waals surface area contributed by atoms with E-state index < -0.39 is 27.9 Å². The number of aryl methyl sites for hydroxylation is 1. The number of halogens is 1. The van der Waals surface area contributed by atoms with Crippen molar-refractivity contribution in [2.75, 3.05) is 7.05 Å². The lowest BCUT2D eigenvalue weighted by Crippen LogP contribution is -2.14. The molecule has 0 aliphatic heterocycles. The van der Waals surface area contributed by atoms with Crippen LogP contribution in [0.4, 0.5) is 4.39 Å². The van der Waals surface area contributed by atoms with E-state index in [-0.39, 0.29) is 16.2 Å². The van der Waals surface area contributed by atoms with Crippen LogP contribution in [0.1, 0.15) is 11.3 Å². The fourth-order valence-electron chi connectivity index (χ4n) is 2.66. The summed E-state index contributed by atoms with van der Waals surface area (Å²) in [7, 11) is -2.16. The average molecular weight is 476 g/mol. The van der Waals surface area contributed by atoms with Gasteiger partial charge in [-0.1, -0.05) is 0 Å². The van der Waals surface area contributed by atoms with Crippen LogP contribution in [-0.4, -0.2) is 51.6 Å². The Morgan fingerprint density at radius 2 is 1.85 bits per heavy atom. The third kappa shape index (κ3) is 6.79. The molecule has 0 radical (unpaired) electrons. The van der Waals surface area contributed by atoms with E-state index in [1.807, 2.05) is 0 Å². The van der Waals surface area contributed by atoms with Gasteiger partial charge in [-0.3, -0.25) is 4.98 Å². The molecule has 10 nitrogen and oxygen atoms in total.